The molecule has 1 aliphatic rings. The summed E-state index contributed by atoms with van der Waals surface area (Å²) in [5.41, 5.74) is -3.71. The van der Waals surface area contributed by atoms with E-state index in [9.17, 15) is 19.2 Å². The summed E-state index contributed by atoms with van der Waals surface area (Å²) in [6.45, 7) is 11.0. The van der Waals surface area contributed by atoms with Gasteiger partial charge >= 0.3 is 18.2 Å². The van der Waals surface area contributed by atoms with Gasteiger partial charge < -0.3 is 9.47 Å². The zero-order chi connectivity index (χ0) is 22.4. The lowest BCUT2D eigenvalue weighted by Crippen LogP contribution is -2.50. The van der Waals surface area contributed by atoms with E-state index < -0.39 is 40.9 Å². The Morgan fingerprint density at radius 2 is 1.52 bits per heavy atom. The number of imide groups is 4. The maximum atomic E-state index is 13.3. The third-order valence-electron chi connectivity index (χ3n) is 3.82. The number of hydrogen-bond acceptors (Lipinski definition) is 7. The summed E-state index contributed by atoms with van der Waals surface area (Å²) in [6, 6.07) is 3.53. The fourth-order valence-corrected chi connectivity index (χ4v) is 2.98. The van der Waals surface area contributed by atoms with E-state index in [1.807, 2.05) is 0 Å². The molecule has 1 aromatic rings. The van der Waals surface area contributed by atoms with E-state index in [1.54, 1.807) is 53.7 Å². The number of hydrogen-bond donors (Lipinski definition) is 0. The van der Waals surface area contributed by atoms with Crippen molar-refractivity contribution in [3.05, 3.63) is 28.5 Å². The topological polar surface area (TPSA) is 106 Å². The Bertz CT molecular complexity index is 873. The molecule has 2 heterocycles. The van der Waals surface area contributed by atoms with Crippen LogP contribution in [0.2, 0.25) is 0 Å². The minimum absolute atomic E-state index is 0.0853. The molecule has 1 fully saturated rings. The van der Waals surface area contributed by atoms with Crippen molar-refractivity contribution in [1.29, 1.82) is 0 Å². The first-order valence-electron chi connectivity index (χ1n) is 8.85. The number of urea groups is 1. The van der Waals surface area contributed by atoms with Gasteiger partial charge in [-0.3, -0.25) is 4.79 Å². The number of pyridine rings is 1. The summed E-state index contributed by atoms with van der Waals surface area (Å²) in [6.07, 6.45) is -2.26. The number of aromatic nitrogens is 1. The average Bonchev–Trinajstić information content (AvgIpc) is 2.71. The molecule has 0 saturated carbocycles. The SMILES string of the molecule is CC(C)(C)OC(=O)N1C(=O)N(C(=O)OC(C)(C)C)C(C)(c2cccc(Br)n2)C1=O. The molecule has 2 rings (SSSR count). The van der Waals surface area contributed by atoms with Gasteiger partial charge in [-0.15, -0.1) is 0 Å². The van der Waals surface area contributed by atoms with Crippen LogP contribution in [0, 0.1) is 0 Å². The first-order chi connectivity index (χ1) is 13.1. The molecule has 9 nitrogen and oxygen atoms in total. The van der Waals surface area contributed by atoms with Crippen molar-refractivity contribution < 1.29 is 28.7 Å². The number of carbonyl (C=O) groups excluding carboxylic acids is 4. The van der Waals surface area contributed by atoms with Crippen LogP contribution in [0.3, 0.4) is 0 Å². The molecular weight excluding hydrogens is 446 g/mol. The van der Waals surface area contributed by atoms with Gasteiger partial charge in [0.15, 0.2) is 5.54 Å². The minimum Gasteiger partial charge on any atom is -0.443 e. The van der Waals surface area contributed by atoms with E-state index in [4.69, 9.17) is 9.47 Å². The molecule has 0 aliphatic carbocycles. The van der Waals surface area contributed by atoms with Gasteiger partial charge in [-0.25, -0.2) is 24.3 Å². The van der Waals surface area contributed by atoms with Gasteiger partial charge in [0.1, 0.15) is 15.8 Å². The molecule has 0 aromatic carbocycles. The van der Waals surface area contributed by atoms with Crippen LogP contribution in [0.15, 0.2) is 22.8 Å². The van der Waals surface area contributed by atoms with Gasteiger partial charge in [0.25, 0.3) is 5.91 Å². The van der Waals surface area contributed by atoms with Crippen LogP contribution in [0.1, 0.15) is 54.2 Å². The van der Waals surface area contributed by atoms with E-state index in [2.05, 4.69) is 20.9 Å². The lowest BCUT2D eigenvalue weighted by atomic mass is 9.95. The molecular formula is C19H24BrN3O6. The highest BCUT2D eigenvalue weighted by molar-refractivity contribution is 9.10. The average molecular weight is 470 g/mol. The Morgan fingerprint density at radius 3 is 2.00 bits per heavy atom. The van der Waals surface area contributed by atoms with Crippen LogP contribution in [0.25, 0.3) is 0 Å². The molecule has 1 aromatic heterocycles. The second-order valence-electron chi connectivity index (χ2n) is 8.64. The molecule has 1 saturated heterocycles. The number of rotatable bonds is 1. The Hall–Kier alpha value is -2.49. The summed E-state index contributed by atoms with van der Waals surface area (Å²) in [5, 5.41) is 0. The second kappa shape index (κ2) is 7.40. The summed E-state index contributed by atoms with van der Waals surface area (Å²) in [5.74, 6) is -0.965. The first kappa shape index (κ1) is 22.8. The van der Waals surface area contributed by atoms with E-state index >= 15 is 0 Å². The molecule has 0 N–H and O–H groups in total. The van der Waals surface area contributed by atoms with Crippen LogP contribution < -0.4 is 0 Å². The van der Waals surface area contributed by atoms with Crippen molar-refractivity contribution in [3.8, 4) is 0 Å². The predicted octanol–water partition coefficient (Wildman–Crippen LogP) is 4.19. The van der Waals surface area contributed by atoms with Crippen molar-refractivity contribution in [2.75, 3.05) is 0 Å². The Balaban J connectivity index is 2.60. The Labute approximate surface area is 177 Å². The zero-order valence-corrected chi connectivity index (χ0v) is 19.0. The van der Waals surface area contributed by atoms with E-state index in [1.165, 1.54) is 13.0 Å². The maximum absolute atomic E-state index is 13.3. The molecule has 0 bridgehead atoms. The van der Waals surface area contributed by atoms with Crippen LogP contribution >= 0.6 is 15.9 Å². The van der Waals surface area contributed by atoms with Crippen molar-refractivity contribution in [2.45, 2.75) is 65.2 Å². The number of amides is 5. The number of nitrogens with zero attached hydrogens (tertiary/aromatic N) is 3. The van der Waals surface area contributed by atoms with Gasteiger partial charge in [0.05, 0.1) is 5.69 Å². The first-order valence-corrected chi connectivity index (χ1v) is 9.65. The lowest BCUT2D eigenvalue weighted by molar-refractivity contribution is -0.132. The predicted molar refractivity (Wildman–Crippen MR) is 106 cm³/mol. The van der Waals surface area contributed by atoms with E-state index in [0.717, 1.165) is 0 Å². The third kappa shape index (κ3) is 4.58. The highest BCUT2D eigenvalue weighted by atomic mass is 79.9. The normalized spacial score (nSPS) is 20.1. The lowest BCUT2D eigenvalue weighted by Gasteiger charge is -2.31. The monoisotopic (exact) mass is 469 g/mol. The largest absolute Gasteiger partial charge is 0.443 e. The summed E-state index contributed by atoms with van der Waals surface area (Å²) in [7, 11) is 0. The maximum Gasteiger partial charge on any atom is 0.425 e. The smallest absolute Gasteiger partial charge is 0.425 e. The van der Waals surface area contributed by atoms with Crippen molar-refractivity contribution in [3.63, 3.8) is 0 Å². The van der Waals surface area contributed by atoms with Gasteiger partial charge in [-0.1, -0.05) is 6.07 Å². The Kier molecular flexibility index (Phi) is 5.82. The van der Waals surface area contributed by atoms with Crippen molar-refractivity contribution in [1.82, 2.24) is 14.8 Å². The molecule has 29 heavy (non-hydrogen) atoms. The van der Waals surface area contributed by atoms with Crippen LogP contribution in [0.5, 0.6) is 0 Å². The number of ether oxygens (including phenoxy) is 2. The molecule has 158 valence electrons. The highest BCUT2D eigenvalue weighted by Crippen LogP contribution is 2.38. The highest BCUT2D eigenvalue weighted by Gasteiger charge is 2.63. The van der Waals surface area contributed by atoms with Gasteiger partial charge in [-0.2, -0.15) is 4.90 Å². The fraction of sp³-hybridized carbons (Fsp3) is 0.526. The molecule has 0 spiro atoms. The Morgan fingerprint density at radius 1 is 1.00 bits per heavy atom. The molecule has 1 atom stereocenters. The molecule has 5 amide bonds. The molecule has 0 radical (unpaired) electrons. The quantitative estimate of drug-likeness (QED) is 0.448. The van der Waals surface area contributed by atoms with Crippen molar-refractivity contribution in [2.24, 2.45) is 0 Å². The number of halogens is 1. The standard InChI is InChI=1S/C19H24BrN3O6/c1-17(2,3)28-15(26)22-13(24)19(7,11-9-8-10-12(20)21-11)23(14(22)25)16(27)29-18(4,5)6/h8-10H,1-7H3. The second-order valence-corrected chi connectivity index (χ2v) is 9.45. The molecule has 10 heteroatoms. The third-order valence-corrected chi connectivity index (χ3v) is 4.26. The fourth-order valence-electron chi connectivity index (χ4n) is 2.63. The van der Waals surface area contributed by atoms with Gasteiger partial charge in [-0.05, 0) is 76.5 Å². The molecule has 1 unspecified atom stereocenters. The zero-order valence-electron chi connectivity index (χ0n) is 17.4. The van der Waals surface area contributed by atoms with Crippen LogP contribution in [-0.4, -0.2) is 50.1 Å². The molecule has 1 aliphatic heterocycles. The van der Waals surface area contributed by atoms with Gasteiger partial charge in [0, 0.05) is 0 Å². The van der Waals surface area contributed by atoms with Crippen molar-refractivity contribution >= 4 is 40.1 Å². The van der Waals surface area contributed by atoms with E-state index in [0.29, 0.717) is 14.4 Å². The van der Waals surface area contributed by atoms with Crippen LogP contribution in [-0.2, 0) is 19.8 Å². The number of carbonyl (C=O) groups is 4. The summed E-state index contributed by atoms with van der Waals surface area (Å²) >= 11 is 3.21. The van der Waals surface area contributed by atoms with E-state index in [-0.39, 0.29) is 5.69 Å². The summed E-state index contributed by atoms with van der Waals surface area (Å²) in [4.78, 5) is 56.8. The minimum atomic E-state index is -1.90. The van der Waals surface area contributed by atoms with Crippen LogP contribution in [0.4, 0.5) is 14.4 Å². The summed E-state index contributed by atoms with van der Waals surface area (Å²) < 4.78 is 10.9. The van der Waals surface area contributed by atoms with Gasteiger partial charge in [0.2, 0.25) is 0 Å².